The fraction of sp³-hybridized carbons (Fsp3) is 0.417. The molecule has 1 aromatic carbocycles. The van der Waals surface area contributed by atoms with Gasteiger partial charge in [0.05, 0.1) is 25.9 Å². The quantitative estimate of drug-likeness (QED) is 0.528. The van der Waals surface area contributed by atoms with E-state index in [0.717, 1.165) is 0 Å². The molecule has 6 heteroatoms. The van der Waals surface area contributed by atoms with Crippen molar-refractivity contribution in [2.75, 3.05) is 20.0 Å². The van der Waals surface area contributed by atoms with E-state index >= 15 is 0 Å². The zero-order valence-electron chi connectivity index (χ0n) is 10.2. The maximum absolute atomic E-state index is 10.8. The largest absolute Gasteiger partial charge is 0.496 e. The van der Waals surface area contributed by atoms with E-state index in [2.05, 4.69) is 12.6 Å². The van der Waals surface area contributed by atoms with Crippen molar-refractivity contribution in [2.45, 2.75) is 12.2 Å². The third kappa shape index (κ3) is 2.95. The van der Waals surface area contributed by atoms with Gasteiger partial charge in [-0.15, -0.1) is 0 Å². The average molecular weight is 272 g/mol. The number of aliphatic hydroxyl groups excluding tert-OH is 2. The first-order valence-corrected chi connectivity index (χ1v) is 5.90. The Morgan fingerprint density at radius 3 is 2.11 bits per heavy atom. The minimum atomic E-state index is -1.20. The predicted molar refractivity (Wildman–Crippen MR) is 69.8 cm³/mol. The first kappa shape index (κ1) is 14.8. The van der Waals surface area contributed by atoms with Gasteiger partial charge in [-0.1, -0.05) is 0 Å². The first-order chi connectivity index (χ1) is 8.58. The lowest BCUT2D eigenvalue weighted by molar-refractivity contribution is 0.0306. The highest BCUT2D eigenvalue weighted by molar-refractivity contribution is 7.80. The van der Waals surface area contributed by atoms with Crippen LogP contribution in [0.4, 0.5) is 0 Å². The molecule has 0 aliphatic carbocycles. The Morgan fingerprint density at radius 2 is 1.78 bits per heavy atom. The van der Waals surface area contributed by atoms with Gasteiger partial charge in [0, 0.05) is 11.3 Å². The molecular weight excluding hydrogens is 256 g/mol. The number of aldehydes is 1. The fourth-order valence-corrected chi connectivity index (χ4v) is 1.81. The van der Waals surface area contributed by atoms with Crippen LogP contribution in [0.5, 0.6) is 11.5 Å². The van der Waals surface area contributed by atoms with Crippen molar-refractivity contribution in [2.24, 2.45) is 0 Å². The number of rotatable bonds is 6. The number of ether oxygens (including phenoxy) is 2. The van der Waals surface area contributed by atoms with Crippen molar-refractivity contribution < 1.29 is 24.5 Å². The molecule has 2 unspecified atom stereocenters. The van der Waals surface area contributed by atoms with Crippen LogP contribution in [0.2, 0.25) is 0 Å². The molecular formula is C12H16O5S. The molecule has 5 nitrogen and oxygen atoms in total. The van der Waals surface area contributed by atoms with Crippen molar-refractivity contribution in [1.29, 1.82) is 0 Å². The van der Waals surface area contributed by atoms with E-state index < -0.39 is 12.2 Å². The van der Waals surface area contributed by atoms with Gasteiger partial charge in [0.15, 0.2) is 0 Å². The molecule has 0 heterocycles. The smallest absolute Gasteiger partial charge is 0.150 e. The predicted octanol–water partition coefficient (Wildman–Crippen LogP) is 0.840. The molecule has 0 amide bonds. The molecule has 1 aromatic rings. The lowest BCUT2D eigenvalue weighted by Crippen LogP contribution is -2.21. The Morgan fingerprint density at radius 1 is 1.28 bits per heavy atom. The maximum Gasteiger partial charge on any atom is 0.150 e. The molecule has 0 spiro atoms. The molecule has 2 atom stereocenters. The number of methoxy groups -OCH3 is 2. The zero-order chi connectivity index (χ0) is 13.7. The van der Waals surface area contributed by atoms with Crippen LogP contribution < -0.4 is 9.47 Å². The average Bonchev–Trinajstić information content (AvgIpc) is 2.43. The molecule has 100 valence electrons. The van der Waals surface area contributed by atoms with E-state index in [4.69, 9.17) is 9.47 Å². The summed E-state index contributed by atoms with van der Waals surface area (Å²) in [6.07, 6.45) is -1.61. The number of benzene rings is 1. The molecule has 0 aromatic heterocycles. The molecule has 0 saturated heterocycles. The Bertz CT molecular complexity index is 396. The number of aliphatic hydroxyl groups is 2. The van der Waals surface area contributed by atoms with Crippen LogP contribution in [0.3, 0.4) is 0 Å². The van der Waals surface area contributed by atoms with Crippen LogP contribution >= 0.6 is 12.6 Å². The summed E-state index contributed by atoms with van der Waals surface area (Å²) in [6.45, 7) is 0. The van der Waals surface area contributed by atoms with Crippen LogP contribution in [-0.4, -0.2) is 42.6 Å². The second-order valence-electron chi connectivity index (χ2n) is 3.65. The lowest BCUT2D eigenvalue weighted by atomic mass is 10.0. The van der Waals surface area contributed by atoms with Gasteiger partial charge in [0.1, 0.15) is 23.9 Å². The number of hydrogen-bond donors (Lipinski definition) is 3. The standard InChI is InChI=1S/C12H16O5S/c1-16-9-3-7(5-13)4-10(17-2)11(9)12(15)8(14)6-18/h3-5,8,12,14-15,18H,6H2,1-2H3. The highest BCUT2D eigenvalue weighted by atomic mass is 32.1. The van der Waals surface area contributed by atoms with Gasteiger partial charge >= 0.3 is 0 Å². The van der Waals surface area contributed by atoms with Gasteiger partial charge in [0.2, 0.25) is 0 Å². The molecule has 0 radical (unpaired) electrons. The first-order valence-electron chi connectivity index (χ1n) is 5.27. The van der Waals surface area contributed by atoms with Crippen LogP contribution in [0.1, 0.15) is 22.0 Å². The third-order valence-corrected chi connectivity index (χ3v) is 2.92. The molecule has 0 aliphatic heterocycles. The van der Waals surface area contributed by atoms with E-state index in [1.807, 2.05) is 0 Å². The third-order valence-electron chi connectivity index (χ3n) is 2.55. The van der Waals surface area contributed by atoms with E-state index in [9.17, 15) is 15.0 Å². The SMILES string of the molecule is COc1cc(C=O)cc(OC)c1C(O)C(O)CS. The Balaban J connectivity index is 3.34. The van der Waals surface area contributed by atoms with E-state index in [-0.39, 0.29) is 17.3 Å². The van der Waals surface area contributed by atoms with Gasteiger partial charge in [-0.3, -0.25) is 4.79 Å². The van der Waals surface area contributed by atoms with Crippen molar-refractivity contribution in [3.63, 3.8) is 0 Å². The highest BCUT2D eigenvalue weighted by Crippen LogP contribution is 2.36. The van der Waals surface area contributed by atoms with Crippen LogP contribution in [0, 0.1) is 0 Å². The number of hydrogen-bond acceptors (Lipinski definition) is 6. The molecule has 0 fully saturated rings. The second kappa shape index (κ2) is 6.63. The minimum absolute atomic E-state index is 0.0862. The summed E-state index contributed by atoms with van der Waals surface area (Å²) in [5.74, 6) is 0.651. The summed E-state index contributed by atoms with van der Waals surface area (Å²) in [6, 6.07) is 2.94. The van der Waals surface area contributed by atoms with Gasteiger partial charge in [0.25, 0.3) is 0 Å². The summed E-state index contributed by atoms with van der Waals surface area (Å²) in [7, 11) is 2.82. The maximum atomic E-state index is 10.8. The molecule has 1 rings (SSSR count). The fourth-order valence-electron chi connectivity index (χ4n) is 1.61. The van der Waals surface area contributed by atoms with Crippen LogP contribution in [0.25, 0.3) is 0 Å². The molecule has 18 heavy (non-hydrogen) atoms. The summed E-state index contributed by atoms with van der Waals surface area (Å²) < 4.78 is 10.2. The van der Waals surface area contributed by atoms with Crippen LogP contribution in [-0.2, 0) is 0 Å². The Kier molecular flexibility index (Phi) is 5.46. The monoisotopic (exact) mass is 272 g/mol. The van der Waals surface area contributed by atoms with Crippen molar-refractivity contribution in [1.82, 2.24) is 0 Å². The number of thiol groups is 1. The van der Waals surface area contributed by atoms with Gasteiger partial charge < -0.3 is 19.7 Å². The number of carbonyl (C=O) groups is 1. The highest BCUT2D eigenvalue weighted by Gasteiger charge is 2.25. The van der Waals surface area contributed by atoms with Gasteiger partial charge in [-0.2, -0.15) is 12.6 Å². The Hall–Kier alpha value is -1.24. The summed E-state index contributed by atoms with van der Waals surface area (Å²) >= 11 is 3.92. The summed E-state index contributed by atoms with van der Waals surface area (Å²) in [5.41, 5.74) is 0.659. The topological polar surface area (TPSA) is 76.0 Å². The summed E-state index contributed by atoms with van der Waals surface area (Å²) in [4.78, 5) is 10.8. The molecule has 0 aliphatic rings. The Labute approximate surface area is 111 Å². The van der Waals surface area contributed by atoms with Crippen LogP contribution in [0.15, 0.2) is 12.1 Å². The van der Waals surface area contributed by atoms with Crippen molar-refractivity contribution in [3.05, 3.63) is 23.3 Å². The van der Waals surface area contributed by atoms with E-state index in [1.165, 1.54) is 26.4 Å². The molecule has 2 N–H and O–H groups in total. The summed E-state index contributed by atoms with van der Waals surface area (Å²) in [5, 5.41) is 19.7. The van der Waals surface area contributed by atoms with Gasteiger partial charge in [-0.25, -0.2) is 0 Å². The van der Waals surface area contributed by atoms with E-state index in [1.54, 1.807) is 0 Å². The zero-order valence-corrected chi connectivity index (χ0v) is 11.1. The van der Waals surface area contributed by atoms with Crippen molar-refractivity contribution in [3.8, 4) is 11.5 Å². The van der Waals surface area contributed by atoms with E-state index in [0.29, 0.717) is 17.4 Å². The van der Waals surface area contributed by atoms with Crippen molar-refractivity contribution >= 4 is 18.9 Å². The van der Waals surface area contributed by atoms with Gasteiger partial charge in [-0.05, 0) is 12.1 Å². The second-order valence-corrected chi connectivity index (χ2v) is 4.02. The molecule has 0 saturated carbocycles. The number of carbonyl (C=O) groups excluding carboxylic acids is 1. The normalized spacial score (nSPS) is 13.8. The minimum Gasteiger partial charge on any atom is -0.496 e. The molecule has 0 bridgehead atoms. The lowest BCUT2D eigenvalue weighted by Gasteiger charge is -2.21.